The fourth-order valence-corrected chi connectivity index (χ4v) is 4.07. The Morgan fingerprint density at radius 1 is 0.964 bits per heavy atom. The highest BCUT2D eigenvalue weighted by molar-refractivity contribution is 5.87. The van der Waals surface area contributed by atoms with Crippen molar-refractivity contribution in [3.8, 4) is 11.3 Å². The number of benzene rings is 1. The van der Waals surface area contributed by atoms with Crippen LogP contribution in [0.2, 0.25) is 0 Å². The predicted octanol–water partition coefficient (Wildman–Crippen LogP) is 2.60. The second-order valence-corrected chi connectivity index (χ2v) is 7.88. The fraction of sp³-hybridized carbons (Fsp3) is 0.455. The summed E-state index contributed by atoms with van der Waals surface area (Å²) in [7, 11) is 0. The third-order valence-electron chi connectivity index (χ3n) is 6.11. The number of carbonyl (C=O) groups is 2. The first-order valence-corrected chi connectivity index (χ1v) is 9.91. The molecule has 0 saturated carbocycles. The Kier molecular flexibility index (Phi) is 4.98. The molecular formula is C22H27N3O3. The first-order valence-electron chi connectivity index (χ1n) is 9.91. The van der Waals surface area contributed by atoms with Gasteiger partial charge in [0.05, 0.1) is 12.1 Å². The molecular weight excluding hydrogens is 354 g/mol. The van der Waals surface area contributed by atoms with Gasteiger partial charge in [-0.15, -0.1) is 0 Å². The first kappa shape index (κ1) is 18.7. The quantitative estimate of drug-likeness (QED) is 0.817. The van der Waals surface area contributed by atoms with Crippen molar-refractivity contribution in [1.29, 1.82) is 0 Å². The SMILES string of the molecule is CC(=O)N1CCN(C(=O)C2(C)CCN2Cc2ccc(-c3ccccc3)o2)CC1. The standard InChI is InChI=1S/C22H27N3O3/c1-17(26)23-12-14-24(15-13-23)21(27)22(2)10-11-25(22)16-19-8-9-20(28-19)18-6-4-3-5-7-18/h3-9H,10-16H2,1-2H3. The zero-order chi connectivity index (χ0) is 19.7. The van der Waals surface area contributed by atoms with Crippen LogP contribution in [-0.2, 0) is 16.1 Å². The van der Waals surface area contributed by atoms with Crippen LogP contribution in [0.1, 0.15) is 26.0 Å². The van der Waals surface area contributed by atoms with Crippen LogP contribution < -0.4 is 0 Å². The monoisotopic (exact) mass is 381 g/mol. The maximum absolute atomic E-state index is 13.2. The lowest BCUT2D eigenvalue weighted by atomic mass is 9.84. The summed E-state index contributed by atoms with van der Waals surface area (Å²) in [5, 5.41) is 0. The zero-order valence-corrected chi connectivity index (χ0v) is 16.6. The van der Waals surface area contributed by atoms with Gasteiger partial charge in [0.15, 0.2) is 0 Å². The molecule has 0 aliphatic carbocycles. The van der Waals surface area contributed by atoms with Crippen LogP contribution in [0.5, 0.6) is 0 Å². The Balaban J connectivity index is 1.39. The molecule has 4 rings (SSSR count). The molecule has 1 atom stereocenters. The highest BCUT2D eigenvalue weighted by Crippen LogP contribution is 2.35. The lowest BCUT2D eigenvalue weighted by Crippen LogP contribution is -2.67. The van der Waals surface area contributed by atoms with Gasteiger partial charge in [-0.25, -0.2) is 0 Å². The van der Waals surface area contributed by atoms with Crippen molar-refractivity contribution in [2.45, 2.75) is 32.4 Å². The van der Waals surface area contributed by atoms with Crippen LogP contribution >= 0.6 is 0 Å². The minimum absolute atomic E-state index is 0.0793. The number of hydrogen-bond acceptors (Lipinski definition) is 4. The van der Waals surface area contributed by atoms with E-state index in [1.807, 2.05) is 54.3 Å². The number of amides is 2. The van der Waals surface area contributed by atoms with Gasteiger partial charge in [-0.1, -0.05) is 30.3 Å². The lowest BCUT2D eigenvalue weighted by Gasteiger charge is -2.51. The molecule has 6 heteroatoms. The maximum Gasteiger partial charge on any atom is 0.242 e. The number of furan rings is 1. The minimum atomic E-state index is -0.488. The third-order valence-corrected chi connectivity index (χ3v) is 6.11. The van der Waals surface area contributed by atoms with Crippen molar-refractivity contribution in [1.82, 2.24) is 14.7 Å². The number of hydrogen-bond donors (Lipinski definition) is 0. The molecule has 1 aromatic heterocycles. The van der Waals surface area contributed by atoms with Gasteiger partial charge in [-0.3, -0.25) is 14.5 Å². The van der Waals surface area contributed by atoms with Crippen molar-refractivity contribution < 1.29 is 14.0 Å². The number of carbonyl (C=O) groups excluding carboxylic acids is 2. The smallest absolute Gasteiger partial charge is 0.242 e. The van der Waals surface area contributed by atoms with Gasteiger partial charge >= 0.3 is 0 Å². The molecule has 0 radical (unpaired) electrons. The average Bonchev–Trinajstić information content (AvgIpc) is 3.20. The molecule has 28 heavy (non-hydrogen) atoms. The van der Waals surface area contributed by atoms with E-state index in [4.69, 9.17) is 4.42 Å². The normalized spacial score (nSPS) is 22.8. The molecule has 2 aliphatic heterocycles. The number of piperazine rings is 1. The highest BCUT2D eigenvalue weighted by atomic mass is 16.3. The van der Waals surface area contributed by atoms with Crippen LogP contribution in [0.3, 0.4) is 0 Å². The van der Waals surface area contributed by atoms with Gasteiger partial charge in [-0.2, -0.15) is 0 Å². The summed E-state index contributed by atoms with van der Waals surface area (Å²) in [6.45, 7) is 7.59. The first-order chi connectivity index (χ1) is 13.5. The molecule has 2 aliphatic rings. The van der Waals surface area contributed by atoms with Gasteiger partial charge in [0.25, 0.3) is 0 Å². The third kappa shape index (κ3) is 3.44. The van der Waals surface area contributed by atoms with E-state index >= 15 is 0 Å². The van der Waals surface area contributed by atoms with Gasteiger partial charge in [0, 0.05) is 45.2 Å². The van der Waals surface area contributed by atoms with Gasteiger partial charge in [0.1, 0.15) is 11.5 Å². The average molecular weight is 381 g/mol. The van der Waals surface area contributed by atoms with Crippen molar-refractivity contribution in [2.24, 2.45) is 0 Å². The summed E-state index contributed by atoms with van der Waals surface area (Å²) in [5.74, 6) is 1.97. The van der Waals surface area contributed by atoms with Gasteiger partial charge in [0.2, 0.25) is 11.8 Å². The van der Waals surface area contributed by atoms with E-state index in [1.54, 1.807) is 11.8 Å². The summed E-state index contributed by atoms with van der Waals surface area (Å²) >= 11 is 0. The van der Waals surface area contributed by atoms with Crippen LogP contribution in [0.4, 0.5) is 0 Å². The van der Waals surface area contributed by atoms with Gasteiger partial charge < -0.3 is 14.2 Å². The van der Waals surface area contributed by atoms with Crippen molar-refractivity contribution in [2.75, 3.05) is 32.7 Å². The molecule has 0 bridgehead atoms. The van der Waals surface area contributed by atoms with Gasteiger partial charge in [-0.05, 0) is 25.5 Å². The lowest BCUT2D eigenvalue weighted by molar-refractivity contribution is -0.156. The fourth-order valence-electron chi connectivity index (χ4n) is 4.07. The molecule has 0 N–H and O–H groups in total. The van der Waals surface area contributed by atoms with E-state index in [9.17, 15) is 9.59 Å². The molecule has 0 spiro atoms. The number of nitrogens with zero attached hydrogens (tertiary/aromatic N) is 3. The topological polar surface area (TPSA) is 57.0 Å². The van der Waals surface area contributed by atoms with E-state index in [-0.39, 0.29) is 11.8 Å². The highest BCUT2D eigenvalue weighted by Gasteiger charge is 2.49. The molecule has 148 valence electrons. The number of likely N-dealkylation sites (tertiary alicyclic amines) is 1. The Morgan fingerprint density at radius 2 is 1.64 bits per heavy atom. The Labute approximate surface area is 165 Å². The molecule has 1 aromatic carbocycles. The van der Waals surface area contributed by atoms with Crippen molar-refractivity contribution >= 4 is 11.8 Å². The van der Waals surface area contributed by atoms with Crippen LogP contribution in [0.25, 0.3) is 11.3 Å². The molecule has 2 amide bonds. The maximum atomic E-state index is 13.2. The molecule has 1 unspecified atom stereocenters. The Bertz CT molecular complexity index is 855. The zero-order valence-electron chi connectivity index (χ0n) is 16.6. The molecule has 6 nitrogen and oxygen atoms in total. The summed E-state index contributed by atoms with van der Waals surface area (Å²) in [6.07, 6.45) is 0.852. The van der Waals surface area contributed by atoms with Crippen molar-refractivity contribution in [3.05, 3.63) is 48.2 Å². The molecule has 2 fully saturated rings. The van der Waals surface area contributed by atoms with E-state index in [0.717, 1.165) is 30.0 Å². The summed E-state index contributed by atoms with van der Waals surface area (Å²) in [6, 6.07) is 14.0. The van der Waals surface area contributed by atoms with Crippen LogP contribution in [0.15, 0.2) is 46.9 Å². The van der Waals surface area contributed by atoms with E-state index in [2.05, 4.69) is 4.90 Å². The molecule has 2 saturated heterocycles. The summed E-state index contributed by atoms with van der Waals surface area (Å²) in [4.78, 5) is 30.6. The predicted molar refractivity (Wildman–Crippen MR) is 106 cm³/mol. The second kappa shape index (κ2) is 7.43. The largest absolute Gasteiger partial charge is 0.460 e. The summed E-state index contributed by atoms with van der Waals surface area (Å²) in [5.41, 5.74) is 0.567. The molecule has 3 heterocycles. The van der Waals surface area contributed by atoms with Crippen LogP contribution in [0, 0.1) is 0 Å². The van der Waals surface area contributed by atoms with E-state index < -0.39 is 5.54 Å². The van der Waals surface area contributed by atoms with E-state index in [0.29, 0.717) is 32.7 Å². The Morgan fingerprint density at radius 3 is 2.25 bits per heavy atom. The second-order valence-electron chi connectivity index (χ2n) is 7.88. The van der Waals surface area contributed by atoms with Crippen LogP contribution in [-0.4, -0.2) is 64.8 Å². The Hall–Kier alpha value is -2.60. The minimum Gasteiger partial charge on any atom is -0.460 e. The molecule has 2 aromatic rings. The number of rotatable bonds is 4. The van der Waals surface area contributed by atoms with Crippen molar-refractivity contribution in [3.63, 3.8) is 0 Å². The summed E-state index contributed by atoms with van der Waals surface area (Å²) < 4.78 is 6.02. The van der Waals surface area contributed by atoms with E-state index in [1.165, 1.54) is 0 Å².